The maximum Gasteiger partial charge on any atom is 0.0606 e. The standard InChI is InChI=1S/C12H16Cl2O2/c1-8(16-2)6-9(15)7-10-11(13)4-3-5-12(10)14/h3-5,8-9,15H,6-7H2,1-2H3. The number of aliphatic hydroxyl groups excluding tert-OH is 1. The van der Waals surface area contributed by atoms with Crippen LogP contribution in [0.1, 0.15) is 18.9 Å². The van der Waals surface area contributed by atoms with Crippen molar-refractivity contribution >= 4 is 23.2 Å². The molecule has 4 heteroatoms. The van der Waals surface area contributed by atoms with Gasteiger partial charge < -0.3 is 9.84 Å². The minimum absolute atomic E-state index is 0.0243. The molecule has 0 spiro atoms. The summed E-state index contributed by atoms with van der Waals surface area (Å²) >= 11 is 12.0. The molecule has 0 bridgehead atoms. The van der Waals surface area contributed by atoms with Crippen LogP contribution >= 0.6 is 23.2 Å². The van der Waals surface area contributed by atoms with Gasteiger partial charge in [0.15, 0.2) is 0 Å². The van der Waals surface area contributed by atoms with Gasteiger partial charge in [0.25, 0.3) is 0 Å². The molecule has 0 aliphatic carbocycles. The van der Waals surface area contributed by atoms with Crippen LogP contribution < -0.4 is 0 Å². The van der Waals surface area contributed by atoms with Crippen molar-refractivity contribution in [3.63, 3.8) is 0 Å². The highest BCUT2D eigenvalue weighted by molar-refractivity contribution is 6.35. The van der Waals surface area contributed by atoms with Crippen LogP contribution in [0.4, 0.5) is 0 Å². The molecule has 1 aromatic rings. The number of rotatable bonds is 5. The topological polar surface area (TPSA) is 29.5 Å². The normalized spacial score (nSPS) is 14.8. The second-order valence-electron chi connectivity index (χ2n) is 3.84. The molecule has 0 aromatic heterocycles. The molecule has 0 fully saturated rings. The van der Waals surface area contributed by atoms with Gasteiger partial charge in [-0.05, 0) is 31.0 Å². The van der Waals surface area contributed by atoms with E-state index in [1.165, 1.54) is 0 Å². The van der Waals surface area contributed by atoms with Crippen LogP contribution in [-0.4, -0.2) is 24.4 Å². The van der Waals surface area contributed by atoms with Gasteiger partial charge in [0.1, 0.15) is 0 Å². The zero-order valence-electron chi connectivity index (χ0n) is 9.41. The van der Waals surface area contributed by atoms with Crippen molar-refractivity contribution in [3.05, 3.63) is 33.8 Å². The van der Waals surface area contributed by atoms with E-state index in [0.717, 1.165) is 5.56 Å². The zero-order valence-corrected chi connectivity index (χ0v) is 10.9. The molecule has 1 N–H and O–H groups in total. The Bertz CT molecular complexity index is 322. The van der Waals surface area contributed by atoms with Gasteiger partial charge in [-0.2, -0.15) is 0 Å². The van der Waals surface area contributed by atoms with Gasteiger partial charge in [-0.25, -0.2) is 0 Å². The van der Waals surface area contributed by atoms with Crippen molar-refractivity contribution < 1.29 is 9.84 Å². The van der Waals surface area contributed by atoms with Gasteiger partial charge in [0.2, 0.25) is 0 Å². The summed E-state index contributed by atoms with van der Waals surface area (Å²) in [6.45, 7) is 1.91. The predicted molar refractivity (Wildman–Crippen MR) is 67.3 cm³/mol. The van der Waals surface area contributed by atoms with Gasteiger partial charge in [-0.1, -0.05) is 29.3 Å². The molecule has 0 amide bonds. The lowest BCUT2D eigenvalue weighted by Crippen LogP contribution is -2.19. The Balaban J connectivity index is 2.66. The van der Waals surface area contributed by atoms with E-state index in [0.29, 0.717) is 22.9 Å². The fraction of sp³-hybridized carbons (Fsp3) is 0.500. The highest BCUT2D eigenvalue weighted by atomic mass is 35.5. The van der Waals surface area contributed by atoms with E-state index in [2.05, 4.69) is 0 Å². The van der Waals surface area contributed by atoms with E-state index in [9.17, 15) is 5.11 Å². The van der Waals surface area contributed by atoms with Crippen LogP contribution in [0.5, 0.6) is 0 Å². The Morgan fingerprint density at radius 2 is 1.88 bits per heavy atom. The van der Waals surface area contributed by atoms with Gasteiger partial charge in [-0.15, -0.1) is 0 Å². The molecule has 16 heavy (non-hydrogen) atoms. The molecule has 2 unspecified atom stereocenters. The first-order chi connectivity index (χ1) is 7.54. The minimum atomic E-state index is -0.493. The molecule has 0 aliphatic rings. The minimum Gasteiger partial charge on any atom is -0.393 e. The number of hydrogen-bond donors (Lipinski definition) is 1. The Morgan fingerprint density at radius 1 is 1.31 bits per heavy atom. The molecule has 1 aromatic carbocycles. The predicted octanol–water partition coefficient (Wildman–Crippen LogP) is 3.32. The van der Waals surface area contributed by atoms with Gasteiger partial charge in [0, 0.05) is 23.6 Å². The van der Waals surface area contributed by atoms with Crippen LogP contribution in [-0.2, 0) is 11.2 Å². The van der Waals surface area contributed by atoms with Crippen molar-refractivity contribution in [1.82, 2.24) is 0 Å². The van der Waals surface area contributed by atoms with Crippen molar-refractivity contribution in [3.8, 4) is 0 Å². The van der Waals surface area contributed by atoms with E-state index in [-0.39, 0.29) is 6.10 Å². The first-order valence-corrected chi connectivity index (χ1v) is 5.94. The van der Waals surface area contributed by atoms with Crippen LogP contribution in [0.2, 0.25) is 10.0 Å². The number of methoxy groups -OCH3 is 1. The smallest absolute Gasteiger partial charge is 0.0606 e. The van der Waals surface area contributed by atoms with Crippen molar-refractivity contribution in [1.29, 1.82) is 0 Å². The molecule has 90 valence electrons. The first kappa shape index (κ1) is 13.8. The fourth-order valence-corrected chi connectivity index (χ4v) is 2.08. The summed E-state index contributed by atoms with van der Waals surface area (Å²) in [5.74, 6) is 0. The first-order valence-electron chi connectivity index (χ1n) is 5.18. The molecule has 2 atom stereocenters. The Labute approximate surface area is 106 Å². The molecule has 0 heterocycles. The number of ether oxygens (including phenoxy) is 1. The van der Waals surface area contributed by atoms with Crippen molar-refractivity contribution in [2.24, 2.45) is 0 Å². The maximum atomic E-state index is 9.86. The SMILES string of the molecule is COC(C)CC(O)Cc1c(Cl)cccc1Cl. The zero-order chi connectivity index (χ0) is 12.1. The monoisotopic (exact) mass is 262 g/mol. The molecule has 0 radical (unpaired) electrons. The summed E-state index contributed by atoms with van der Waals surface area (Å²) in [7, 11) is 1.62. The molecule has 0 saturated heterocycles. The lowest BCUT2D eigenvalue weighted by atomic mass is 10.0. The average Bonchev–Trinajstić information content (AvgIpc) is 2.23. The van der Waals surface area contributed by atoms with Crippen LogP contribution in [0.3, 0.4) is 0 Å². The maximum absolute atomic E-state index is 9.86. The molecule has 0 aliphatic heterocycles. The number of halogens is 2. The summed E-state index contributed by atoms with van der Waals surface area (Å²) in [5.41, 5.74) is 0.793. The summed E-state index contributed by atoms with van der Waals surface area (Å²) in [5, 5.41) is 11.0. The lowest BCUT2D eigenvalue weighted by Gasteiger charge is -2.16. The lowest BCUT2D eigenvalue weighted by molar-refractivity contribution is 0.0565. The molecule has 2 nitrogen and oxygen atoms in total. The number of benzene rings is 1. The third kappa shape index (κ3) is 3.95. The van der Waals surface area contributed by atoms with Gasteiger partial charge in [0.05, 0.1) is 12.2 Å². The average molecular weight is 263 g/mol. The fourth-order valence-electron chi connectivity index (χ4n) is 1.53. The highest BCUT2D eigenvalue weighted by Gasteiger charge is 2.14. The third-order valence-corrected chi connectivity index (χ3v) is 3.22. The summed E-state index contributed by atoms with van der Waals surface area (Å²) < 4.78 is 5.09. The molecular formula is C12H16Cl2O2. The summed E-state index contributed by atoms with van der Waals surface area (Å²) in [6.07, 6.45) is 0.549. The van der Waals surface area contributed by atoms with E-state index in [1.807, 2.05) is 6.92 Å². The van der Waals surface area contributed by atoms with E-state index in [1.54, 1.807) is 25.3 Å². The molecule has 1 rings (SSSR count). The second-order valence-corrected chi connectivity index (χ2v) is 4.65. The van der Waals surface area contributed by atoms with Crippen LogP contribution in [0.15, 0.2) is 18.2 Å². The molecular weight excluding hydrogens is 247 g/mol. The Kier molecular flexibility index (Phi) is 5.56. The van der Waals surface area contributed by atoms with Crippen molar-refractivity contribution in [2.75, 3.05) is 7.11 Å². The Hall–Kier alpha value is -0.280. The summed E-state index contributed by atoms with van der Waals surface area (Å²) in [4.78, 5) is 0. The van der Waals surface area contributed by atoms with E-state index >= 15 is 0 Å². The molecule has 0 saturated carbocycles. The third-order valence-electron chi connectivity index (χ3n) is 2.51. The van der Waals surface area contributed by atoms with Crippen LogP contribution in [0.25, 0.3) is 0 Å². The van der Waals surface area contributed by atoms with Gasteiger partial charge in [-0.3, -0.25) is 0 Å². The van der Waals surface area contributed by atoms with Crippen molar-refractivity contribution in [2.45, 2.75) is 32.0 Å². The largest absolute Gasteiger partial charge is 0.393 e. The quantitative estimate of drug-likeness (QED) is 0.883. The number of aliphatic hydroxyl groups is 1. The Morgan fingerprint density at radius 3 is 2.38 bits per heavy atom. The second kappa shape index (κ2) is 6.45. The van der Waals surface area contributed by atoms with E-state index < -0.39 is 6.10 Å². The van der Waals surface area contributed by atoms with Crippen LogP contribution in [0, 0.1) is 0 Å². The highest BCUT2D eigenvalue weighted by Crippen LogP contribution is 2.26. The van der Waals surface area contributed by atoms with E-state index in [4.69, 9.17) is 27.9 Å². The number of hydrogen-bond acceptors (Lipinski definition) is 2. The van der Waals surface area contributed by atoms with Gasteiger partial charge >= 0.3 is 0 Å². The summed E-state index contributed by atoms with van der Waals surface area (Å²) in [6, 6.07) is 5.34.